The van der Waals surface area contributed by atoms with Gasteiger partial charge in [-0.05, 0) is 31.0 Å². The van der Waals surface area contributed by atoms with Crippen LogP contribution in [0.5, 0.6) is 0 Å². The number of aromatic nitrogens is 2. The molecule has 4 nitrogen and oxygen atoms in total. The van der Waals surface area contributed by atoms with Crippen LogP contribution in [-0.2, 0) is 10.2 Å². The van der Waals surface area contributed by atoms with E-state index in [1.807, 2.05) is 0 Å². The molecule has 0 bridgehead atoms. The van der Waals surface area contributed by atoms with E-state index in [1.165, 1.54) is 10.7 Å². The maximum absolute atomic E-state index is 13.1. The van der Waals surface area contributed by atoms with E-state index < -0.39 is 23.0 Å². The molecule has 0 unspecified atom stereocenters. The molecule has 1 aromatic heterocycles. The lowest BCUT2D eigenvalue weighted by Crippen LogP contribution is -2.20. The number of rotatable bonds is 3. The number of hydrogen-bond donors (Lipinski definition) is 1. The molecule has 2 aromatic rings. The van der Waals surface area contributed by atoms with Gasteiger partial charge in [-0.2, -0.15) is 5.10 Å². The zero-order valence-corrected chi connectivity index (χ0v) is 9.81. The highest BCUT2D eigenvalue weighted by Gasteiger charge is 2.53. The summed E-state index contributed by atoms with van der Waals surface area (Å²) < 4.78 is 27.3. The third-order valence-electron chi connectivity index (χ3n) is 3.41. The van der Waals surface area contributed by atoms with Gasteiger partial charge in [0.05, 0.1) is 11.4 Å². The molecule has 1 N–H and O–H groups in total. The number of carboxylic acid groups (broad SMARTS) is 1. The van der Waals surface area contributed by atoms with Crippen molar-refractivity contribution in [3.63, 3.8) is 0 Å². The molecule has 0 amide bonds. The Morgan fingerprint density at radius 1 is 1.26 bits per heavy atom. The van der Waals surface area contributed by atoms with E-state index in [-0.39, 0.29) is 0 Å². The maximum atomic E-state index is 13.1. The zero-order valence-electron chi connectivity index (χ0n) is 9.81. The molecule has 1 fully saturated rings. The third-order valence-corrected chi connectivity index (χ3v) is 3.41. The van der Waals surface area contributed by atoms with Crippen molar-refractivity contribution in [3.05, 3.63) is 47.8 Å². The van der Waals surface area contributed by atoms with Gasteiger partial charge in [0.1, 0.15) is 5.41 Å². The van der Waals surface area contributed by atoms with E-state index in [0.29, 0.717) is 24.2 Å². The minimum atomic E-state index is -0.964. The minimum Gasteiger partial charge on any atom is -0.481 e. The van der Waals surface area contributed by atoms with Gasteiger partial charge in [0.2, 0.25) is 0 Å². The second kappa shape index (κ2) is 3.88. The number of nitrogens with zero attached hydrogens (tertiary/aromatic N) is 2. The monoisotopic (exact) mass is 264 g/mol. The van der Waals surface area contributed by atoms with Crippen molar-refractivity contribution in [1.29, 1.82) is 0 Å². The number of carboxylic acids is 1. The number of carbonyl (C=O) groups is 1. The molecule has 6 heteroatoms. The fraction of sp³-hybridized carbons (Fsp3) is 0.231. The number of aliphatic carboxylic acids is 1. The quantitative estimate of drug-likeness (QED) is 0.925. The summed E-state index contributed by atoms with van der Waals surface area (Å²) in [5, 5.41) is 13.3. The average Bonchev–Trinajstić information content (AvgIpc) is 3.05. The zero-order chi connectivity index (χ0) is 13.6. The Balaban J connectivity index is 1.97. The first-order valence-electron chi connectivity index (χ1n) is 5.78. The SMILES string of the molecule is O=C(O)C1(c2ccn(-c3ccc(F)c(F)c3)n2)CC1. The first-order chi connectivity index (χ1) is 9.03. The molecule has 19 heavy (non-hydrogen) atoms. The summed E-state index contributed by atoms with van der Waals surface area (Å²) in [5.74, 6) is -2.79. The van der Waals surface area contributed by atoms with Gasteiger partial charge in [0.25, 0.3) is 0 Å². The van der Waals surface area contributed by atoms with Crippen molar-refractivity contribution in [2.45, 2.75) is 18.3 Å². The lowest BCUT2D eigenvalue weighted by Gasteiger charge is -2.05. The summed E-state index contributed by atoms with van der Waals surface area (Å²) in [6.07, 6.45) is 2.65. The molecule has 1 aliphatic carbocycles. The van der Waals surface area contributed by atoms with Gasteiger partial charge >= 0.3 is 5.97 Å². The molecule has 0 saturated heterocycles. The first-order valence-corrected chi connectivity index (χ1v) is 5.78. The maximum Gasteiger partial charge on any atom is 0.315 e. The van der Waals surface area contributed by atoms with Crippen LogP contribution < -0.4 is 0 Å². The largest absolute Gasteiger partial charge is 0.481 e. The van der Waals surface area contributed by atoms with Gasteiger partial charge in [0.15, 0.2) is 11.6 Å². The summed E-state index contributed by atoms with van der Waals surface area (Å²) in [6, 6.07) is 5.01. The summed E-state index contributed by atoms with van der Waals surface area (Å²) in [4.78, 5) is 11.2. The second-order valence-electron chi connectivity index (χ2n) is 4.63. The van der Waals surface area contributed by atoms with Crippen LogP contribution in [0.1, 0.15) is 18.5 Å². The van der Waals surface area contributed by atoms with Crippen molar-refractivity contribution in [2.24, 2.45) is 0 Å². The molecule has 3 rings (SSSR count). The average molecular weight is 264 g/mol. The molecule has 0 spiro atoms. The van der Waals surface area contributed by atoms with Gasteiger partial charge in [-0.1, -0.05) is 0 Å². The summed E-state index contributed by atoms with van der Waals surface area (Å²) in [5.41, 5.74) is -0.0971. The van der Waals surface area contributed by atoms with Crippen LogP contribution in [0.25, 0.3) is 5.69 Å². The molecule has 1 heterocycles. The van der Waals surface area contributed by atoms with E-state index in [4.69, 9.17) is 5.11 Å². The Hall–Kier alpha value is -2.24. The number of hydrogen-bond acceptors (Lipinski definition) is 2. The molecule has 98 valence electrons. The van der Waals surface area contributed by atoms with Crippen LogP contribution in [-0.4, -0.2) is 20.9 Å². The second-order valence-corrected chi connectivity index (χ2v) is 4.63. The number of benzene rings is 1. The third kappa shape index (κ3) is 1.80. The van der Waals surface area contributed by atoms with E-state index >= 15 is 0 Å². The number of halogens is 2. The molecular formula is C13H10F2N2O2. The van der Waals surface area contributed by atoms with Crippen LogP contribution in [0.15, 0.2) is 30.5 Å². The van der Waals surface area contributed by atoms with Gasteiger partial charge in [-0.3, -0.25) is 4.79 Å². The minimum absolute atomic E-state index is 0.353. The molecule has 1 aliphatic rings. The predicted molar refractivity (Wildman–Crippen MR) is 62.0 cm³/mol. The highest BCUT2D eigenvalue weighted by Crippen LogP contribution is 2.47. The summed E-state index contributed by atoms with van der Waals surface area (Å²) in [7, 11) is 0. The van der Waals surface area contributed by atoms with Crippen LogP contribution in [0.2, 0.25) is 0 Å². The lowest BCUT2D eigenvalue weighted by molar-refractivity contribution is -0.140. The van der Waals surface area contributed by atoms with Crippen molar-refractivity contribution >= 4 is 5.97 Å². The van der Waals surface area contributed by atoms with Gasteiger partial charge in [0, 0.05) is 12.3 Å². The topological polar surface area (TPSA) is 55.1 Å². The van der Waals surface area contributed by atoms with E-state index in [1.54, 1.807) is 12.3 Å². The van der Waals surface area contributed by atoms with Gasteiger partial charge in [-0.25, -0.2) is 13.5 Å². The van der Waals surface area contributed by atoms with Crippen LogP contribution >= 0.6 is 0 Å². The van der Waals surface area contributed by atoms with Crippen LogP contribution in [0, 0.1) is 11.6 Å². The first kappa shape index (κ1) is 11.8. The Bertz CT molecular complexity index is 662. The van der Waals surface area contributed by atoms with Crippen LogP contribution in [0.4, 0.5) is 8.78 Å². The molecule has 0 radical (unpaired) electrons. The van der Waals surface area contributed by atoms with Crippen molar-refractivity contribution in [3.8, 4) is 5.69 Å². The Morgan fingerprint density at radius 2 is 2.00 bits per heavy atom. The lowest BCUT2D eigenvalue weighted by atomic mass is 10.0. The smallest absolute Gasteiger partial charge is 0.315 e. The molecule has 1 aromatic carbocycles. The standard InChI is InChI=1S/C13H10F2N2O2/c14-9-2-1-8(7-10(9)15)17-6-3-11(16-17)13(4-5-13)12(18)19/h1-3,6-7H,4-5H2,(H,18,19). The highest BCUT2D eigenvalue weighted by molar-refractivity contribution is 5.84. The van der Waals surface area contributed by atoms with Crippen molar-refractivity contribution in [1.82, 2.24) is 9.78 Å². The summed E-state index contributed by atoms with van der Waals surface area (Å²) in [6.45, 7) is 0. The Morgan fingerprint density at radius 3 is 2.58 bits per heavy atom. The predicted octanol–water partition coefficient (Wildman–Crippen LogP) is 2.27. The fourth-order valence-electron chi connectivity index (χ4n) is 2.06. The van der Waals surface area contributed by atoms with Gasteiger partial charge < -0.3 is 5.11 Å². The highest BCUT2D eigenvalue weighted by atomic mass is 19.2. The molecule has 0 atom stereocenters. The van der Waals surface area contributed by atoms with Crippen molar-refractivity contribution < 1.29 is 18.7 Å². The van der Waals surface area contributed by atoms with Gasteiger partial charge in [-0.15, -0.1) is 0 Å². The molecule has 0 aliphatic heterocycles. The summed E-state index contributed by atoms with van der Waals surface area (Å²) >= 11 is 0. The van der Waals surface area contributed by atoms with E-state index in [0.717, 1.165) is 12.1 Å². The van der Waals surface area contributed by atoms with E-state index in [2.05, 4.69) is 5.10 Å². The molecule has 1 saturated carbocycles. The van der Waals surface area contributed by atoms with Crippen molar-refractivity contribution in [2.75, 3.05) is 0 Å². The fourth-order valence-corrected chi connectivity index (χ4v) is 2.06. The molecular weight excluding hydrogens is 254 g/mol. The Kier molecular flexibility index (Phi) is 2.41. The Labute approximate surface area is 107 Å². The normalized spacial score (nSPS) is 16.3. The van der Waals surface area contributed by atoms with E-state index in [9.17, 15) is 13.6 Å². The van der Waals surface area contributed by atoms with Crippen LogP contribution in [0.3, 0.4) is 0 Å².